The molecule has 0 aliphatic rings. The van der Waals surface area contributed by atoms with E-state index in [-0.39, 0.29) is 0 Å². The number of hydrogen-bond donors (Lipinski definition) is 1. The number of rotatable bonds is 4. The third-order valence-electron chi connectivity index (χ3n) is 3.72. The van der Waals surface area contributed by atoms with Gasteiger partial charge in [-0.05, 0) is 19.9 Å². The fourth-order valence-corrected chi connectivity index (χ4v) is 2.73. The first kappa shape index (κ1) is 13.7. The van der Waals surface area contributed by atoms with E-state index in [1.54, 1.807) is 18.0 Å². The number of hydrogen-bond acceptors (Lipinski definition) is 4. The molecule has 2 heterocycles. The van der Waals surface area contributed by atoms with Crippen LogP contribution in [0.5, 0.6) is 5.75 Å². The molecular weight excluding hydrogens is 268 g/mol. The molecule has 0 fully saturated rings. The standard InChI is InChI=1S/C16H18N2O3/c1-4-18-15(13(20-3)9-17-18)16(19)14-10(2)21-12-8-6-5-7-11(12)14/h5-9,16,19H,4H2,1-3H3. The number of para-hydroxylation sites is 1. The molecule has 1 unspecified atom stereocenters. The molecule has 21 heavy (non-hydrogen) atoms. The lowest BCUT2D eigenvalue weighted by atomic mass is 10.0. The zero-order valence-electron chi connectivity index (χ0n) is 12.3. The molecule has 5 heteroatoms. The van der Waals surface area contributed by atoms with E-state index in [4.69, 9.17) is 9.15 Å². The first-order chi connectivity index (χ1) is 10.2. The lowest BCUT2D eigenvalue weighted by Gasteiger charge is -2.14. The molecule has 0 aliphatic carbocycles. The van der Waals surface area contributed by atoms with Crippen molar-refractivity contribution >= 4 is 11.0 Å². The number of aryl methyl sites for hydroxylation is 2. The second kappa shape index (κ2) is 5.26. The van der Waals surface area contributed by atoms with Gasteiger partial charge < -0.3 is 14.3 Å². The molecule has 0 amide bonds. The van der Waals surface area contributed by atoms with Gasteiger partial charge in [-0.15, -0.1) is 0 Å². The van der Waals surface area contributed by atoms with Gasteiger partial charge in [-0.1, -0.05) is 18.2 Å². The van der Waals surface area contributed by atoms with Gasteiger partial charge in [0.15, 0.2) is 5.75 Å². The predicted molar refractivity (Wildman–Crippen MR) is 79.5 cm³/mol. The number of furan rings is 1. The van der Waals surface area contributed by atoms with Crippen molar-refractivity contribution in [3.05, 3.63) is 47.5 Å². The quantitative estimate of drug-likeness (QED) is 0.800. The lowest BCUT2D eigenvalue weighted by molar-refractivity contribution is 0.201. The number of methoxy groups -OCH3 is 1. The summed E-state index contributed by atoms with van der Waals surface area (Å²) in [5, 5.41) is 16.0. The Kier molecular flexibility index (Phi) is 3.43. The molecule has 110 valence electrons. The van der Waals surface area contributed by atoms with Crippen molar-refractivity contribution in [1.29, 1.82) is 0 Å². The highest BCUT2D eigenvalue weighted by molar-refractivity contribution is 5.83. The van der Waals surface area contributed by atoms with Crippen LogP contribution >= 0.6 is 0 Å². The maximum Gasteiger partial charge on any atom is 0.163 e. The van der Waals surface area contributed by atoms with Crippen molar-refractivity contribution in [3.8, 4) is 5.75 Å². The average molecular weight is 286 g/mol. The summed E-state index contributed by atoms with van der Waals surface area (Å²) in [4.78, 5) is 0. The van der Waals surface area contributed by atoms with Crippen LogP contribution in [0.1, 0.15) is 30.0 Å². The van der Waals surface area contributed by atoms with Crippen LogP contribution in [-0.4, -0.2) is 22.0 Å². The summed E-state index contributed by atoms with van der Waals surface area (Å²) >= 11 is 0. The molecule has 1 N–H and O–H groups in total. The van der Waals surface area contributed by atoms with E-state index < -0.39 is 6.10 Å². The molecule has 0 spiro atoms. The zero-order chi connectivity index (χ0) is 15.0. The molecule has 0 saturated heterocycles. The Morgan fingerprint density at radius 2 is 2.14 bits per heavy atom. The van der Waals surface area contributed by atoms with Crippen molar-refractivity contribution in [2.75, 3.05) is 7.11 Å². The number of ether oxygens (including phenoxy) is 1. The number of nitrogens with zero attached hydrogens (tertiary/aromatic N) is 2. The highest BCUT2D eigenvalue weighted by Crippen LogP contribution is 2.37. The summed E-state index contributed by atoms with van der Waals surface area (Å²) in [6, 6.07) is 7.69. The first-order valence-corrected chi connectivity index (χ1v) is 6.93. The van der Waals surface area contributed by atoms with Gasteiger partial charge in [0.1, 0.15) is 23.1 Å². The largest absolute Gasteiger partial charge is 0.493 e. The van der Waals surface area contributed by atoms with Gasteiger partial charge in [-0.25, -0.2) is 0 Å². The van der Waals surface area contributed by atoms with Crippen molar-refractivity contribution in [3.63, 3.8) is 0 Å². The molecule has 0 aliphatic heterocycles. The zero-order valence-corrected chi connectivity index (χ0v) is 12.3. The summed E-state index contributed by atoms with van der Waals surface area (Å²) < 4.78 is 12.8. The molecular formula is C16H18N2O3. The van der Waals surface area contributed by atoms with Gasteiger partial charge in [0, 0.05) is 17.5 Å². The molecule has 3 aromatic rings. The Balaban J connectivity index is 2.19. The second-order valence-corrected chi connectivity index (χ2v) is 4.88. The maximum atomic E-state index is 10.9. The van der Waals surface area contributed by atoms with Gasteiger partial charge in [0.2, 0.25) is 0 Å². The fraction of sp³-hybridized carbons (Fsp3) is 0.312. The summed E-state index contributed by atoms with van der Waals surface area (Å²) in [6.45, 7) is 4.49. The smallest absolute Gasteiger partial charge is 0.163 e. The number of aliphatic hydroxyl groups excluding tert-OH is 1. The Labute approximate surface area is 122 Å². The normalized spacial score (nSPS) is 12.8. The predicted octanol–water partition coefficient (Wildman–Crippen LogP) is 3.05. The Morgan fingerprint density at radius 3 is 2.86 bits per heavy atom. The van der Waals surface area contributed by atoms with Crippen molar-refractivity contribution < 1.29 is 14.3 Å². The van der Waals surface area contributed by atoms with Crippen LogP contribution in [-0.2, 0) is 6.54 Å². The van der Waals surface area contributed by atoms with E-state index in [1.807, 2.05) is 38.1 Å². The minimum Gasteiger partial charge on any atom is -0.493 e. The number of aromatic nitrogens is 2. The van der Waals surface area contributed by atoms with E-state index in [0.29, 0.717) is 23.7 Å². The van der Waals surface area contributed by atoms with Crippen LogP contribution in [0.2, 0.25) is 0 Å². The Bertz CT molecular complexity index is 752. The highest BCUT2D eigenvalue weighted by atomic mass is 16.5. The van der Waals surface area contributed by atoms with Gasteiger partial charge >= 0.3 is 0 Å². The van der Waals surface area contributed by atoms with E-state index in [2.05, 4.69) is 5.10 Å². The molecule has 2 aromatic heterocycles. The minimum absolute atomic E-state index is 0.578. The third kappa shape index (κ3) is 2.10. The summed E-state index contributed by atoms with van der Waals surface area (Å²) in [7, 11) is 1.58. The Morgan fingerprint density at radius 1 is 1.38 bits per heavy atom. The first-order valence-electron chi connectivity index (χ1n) is 6.93. The van der Waals surface area contributed by atoms with Crippen LogP contribution in [0.25, 0.3) is 11.0 Å². The summed E-state index contributed by atoms with van der Waals surface area (Å²) in [6.07, 6.45) is 0.783. The second-order valence-electron chi connectivity index (χ2n) is 4.88. The van der Waals surface area contributed by atoms with E-state index in [1.165, 1.54) is 0 Å². The average Bonchev–Trinajstić information content (AvgIpc) is 3.05. The minimum atomic E-state index is -0.842. The van der Waals surface area contributed by atoms with Gasteiger partial charge in [0.05, 0.1) is 13.3 Å². The number of fused-ring (bicyclic) bond motifs is 1. The highest BCUT2D eigenvalue weighted by Gasteiger charge is 2.26. The van der Waals surface area contributed by atoms with Crippen molar-refractivity contribution in [1.82, 2.24) is 9.78 Å². The fourth-order valence-electron chi connectivity index (χ4n) is 2.73. The Hall–Kier alpha value is -2.27. The van der Waals surface area contributed by atoms with Crippen LogP contribution < -0.4 is 4.74 Å². The molecule has 1 aromatic carbocycles. The van der Waals surface area contributed by atoms with Crippen LogP contribution in [0.4, 0.5) is 0 Å². The summed E-state index contributed by atoms with van der Waals surface area (Å²) in [5.41, 5.74) is 2.18. The van der Waals surface area contributed by atoms with Crippen molar-refractivity contribution in [2.24, 2.45) is 0 Å². The number of aliphatic hydroxyl groups is 1. The van der Waals surface area contributed by atoms with Crippen LogP contribution in [0, 0.1) is 6.92 Å². The molecule has 0 radical (unpaired) electrons. The van der Waals surface area contributed by atoms with Crippen LogP contribution in [0.15, 0.2) is 34.9 Å². The van der Waals surface area contributed by atoms with Crippen LogP contribution in [0.3, 0.4) is 0 Å². The lowest BCUT2D eigenvalue weighted by Crippen LogP contribution is -2.10. The molecule has 3 rings (SSSR count). The molecule has 1 atom stereocenters. The van der Waals surface area contributed by atoms with Gasteiger partial charge in [-0.2, -0.15) is 5.10 Å². The number of benzene rings is 1. The van der Waals surface area contributed by atoms with Crippen molar-refractivity contribution in [2.45, 2.75) is 26.5 Å². The van der Waals surface area contributed by atoms with Gasteiger partial charge in [-0.3, -0.25) is 4.68 Å². The molecule has 0 bridgehead atoms. The molecule has 5 nitrogen and oxygen atoms in total. The molecule has 0 saturated carbocycles. The van der Waals surface area contributed by atoms with E-state index >= 15 is 0 Å². The van der Waals surface area contributed by atoms with E-state index in [0.717, 1.165) is 16.5 Å². The topological polar surface area (TPSA) is 60.4 Å². The van der Waals surface area contributed by atoms with Gasteiger partial charge in [0.25, 0.3) is 0 Å². The maximum absolute atomic E-state index is 10.9. The third-order valence-corrected chi connectivity index (χ3v) is 3.72. The summed E-state index contributed by atoms with van der Waals surface area (Å²) in [5.74, 6) is 1.28. The van der Waals surface area contributed by atoms with E-state index in [9.17, 15) is 5.11 Å². The monoisotopic (exact) mass is 286 g/mol. The SMILES string of the molecule is CCn1ncc(OC)c1C(O)c1c(C)oc2ccccc12.